The van der Waals surface area contributed by atoms with Gasteiger partial charge in [-0.1, -0.05) is 6.92 Å². The molecule has 67 valence electrons. The molecule has 4 heteroatoms. The molecule has 0 aliphatic heterocycles. The van der Waals surface area contributed by atoms with E-state index in [1.165, 1.54) is 0 Å². The Hall–Kier alpha value is -0.740. The summed E-state index contributed by atoms with van der Waals surface area (Å²) < 4.78 is 0. The van der Waals surface area contributed by atoms with E-state index >= 15 is 0 Å². The molecule has 2 nitrogen and oxygen atoms in total. The Morgan fingerprint density at radius 3 is 3.00 bits per heavy atom. The van der Waals surface area contributed by atoms with Crippen LogP contribution in [0.4, 0.5) is 0 Å². The number of thiazole rings is 2. The highest BCUT2D eigenvalue weighted by molar-refractivity contribution is 7.14. The van der Waals surface area contributed by atoms with Gasteiger partial charge in [0.15, 0.2) is 0 Å². The van der Waals surface area contributed by atoms with Crippen molar-refractivity contribution in [2.75, 3.05) is 0 Å². The van der Waals surface area contributed by atoms with Gasteiger partial charge in [0.2, 0.25) is 0 Å². The van der Waals surface area contributed by atoms with Crippen molar-refractivity contribution in [2.24, 2.45) is 0 Å². The van der Waals surface area contributed by atoms with E-state index < -0.39 is 0 Å². The van der Waals surface area contributed by atoms with Crippen LogP contribution in [0.1, 0.15) is 11.4 Å². The number of hydrogen-bond donors (Lipinski definition) is 0. The van der Waals surface area contributed by atoms with Crippen LogP contribution in [0, 0.1) is 6.92 Å². The molecule has 0 atom stereocenters. The van der Waals surface area contributed by atoms with Gasteiger partial charge in [-0.05, 0) is 12.8 Å². The van der Waals surface area contributed by atoms with Crippen molar-refractivity contribution < 1.29 is 0 Å². The minimum Gasteiger partial charge on any atom is -0.243 e. The maximum atomic E-state index is 4.47. The van der Waals surface area contributed by atoms with Gasteiger partial charge in [-0.2, -0.15) is 0 Å². The van der Waals surface area contributed by atoms with Crippen molar-refractivity contribution in [3.8, 4) is 10.7 Å². The Bertz CT molecular complexity index is 365. The Balaban J connectivity index is 2.23. The summed E-state index contributed by atoms with van der Waals surface area (Å²) in [5.41, 5.74) is 1.00. The average Bonchev–Trinajstić information content (AvgIpc) is 2.70. The van der Waals surface area contributed by atoms with Gasteiger partial charge in [0.1, 0.15) is 10.7 Å². The van der Waals surface area contributed by atoms with Crippen LogP contribution in [0.2, 0.25) is 0 Å². The van der Waals surface area contributed by atoms with Crippen molar-refractivity contribution in [1.29, 1.82) is 0 Å². The third kappa shape index (κ3) is 1.95. The molecule has 0 fully saturated rings. The van der Waals surface area contributed by atoms with E-state index in [1.54, 1.807) is 28.9 Å². The molecule has 2 aromatic heterocycles. The lowest BCUT2D eigenvalue weighted by atomic mass is 10.3. The van der Waals surface area contributed by atoms with E-state index in [1.807, 2.05) is 5.38 Å². The SMILES string of the molecule is [CH2]CCc1nc(-c2nccs2)cs1. The quantitative estimate of drug-likeness (QED) is 0.776. The van der Waals surface area contributed by atoms with Gasteiger partial charge in [-0.3, -0.25) is 0 Å². The fourth-order valence-electron chi connectivity index (χ4n) is 1.03. The lowest BCUT2D eigenvalue weighted by molar-refractivity contribution is 0.979. The van der Waals surface area contributed by atoms with E-state index in [-0.39, 0.29) is 0 Å². The summed E-state index contributed by atoms with van der Waals surface area (Å²) in [6, 6.07) is 0. The largest absolute Gasteiger partial charge is 0.243 e. The zero-order chi connectivity index (χ0) is 9.10. The molecule has 0 aliphatic rings. The molecule has 0 aromatic carbocycles. The maximum absolute atomic E-state index is 4.47. The summed E-state index contributed by atoms with van der Waals surface area (Å²) in [5, 5.41) is 6.19. The fourth-order valence-corrected chi connectivity index (χ4v) is 2.52. The smallest absolute Gasteiger partial charge is 0.142 e. The molecule has 2 heterocycles. The van der Waals surface area contributed by atoms with Gasteiger partial charge in [0, 0.05) is 17.0 Å². The summed E-state index contributed by atoms with van der Waals surface area (Å²) in [5.74, 6) is 0. The van der Waals surface area contributed by atoms with Crippen LogP contribution >= 0.6 is 22.7 Å². The second-order valence-electron chi connectivity index (χ2n) is 2.57. The first kappa shape index (κ1) is 8.84. The van der Waals surface area contributed by atoms with E-state index in [9.17, 15) is 0 Å². The zero-order valence-corrected chi connectivity index (χ0v) is 8.70. The number of aromatic nitrogens is 2. The Labute approximate surface area is 85.3 Å². The second kappa shape index (κ2) is 3.98. The summed E-state index contributed by atoms with van der Waals surface area (Å²) in [6.45, 7) is 3.81. The molecule has 0 N–H and O–H groups in total. The van der Waals surface area contributed by atoms with E-state index in [2.05, 4.69) is 22.3 Å². The Morgan fingerprint density at radius 1 is 1.38 bits per heavy atom. The van der Waals surface area contributed by atoms with Crippen molar-refractivity contribution in [3.63, 3.8) is 0 Å². The van der Waals surface area contributed by atoms with Gasteiger partial charge >= 0.3 is 0 Å². The molecule has 0 amide bonds. The van der Waals surface area contributed by atoms with Crippen LogP contribution < -0.4 is 0 Å². The van der Waals surface area contributed by atoms with Crippen LogP contribution in [0.5, 0.6) is 0 Å². The number of rotatable bonds is 3. The number of aryl methyl sites for hydroxylation is 1. The fraction of sp³-hybridized carbons (Fsp3) is 0.222. The second-order valence-corrected chi connectivity index (χ2v) is 4.40. The lowest BCUT2D eigenvalue weighted by Crippen LogP contribution is -1.81. The molecule has 2 aromatic rings. The predicted molar refractivity (Wildman–Crippen MR) is 56.9 cm³/mol. The Morgan fingerprint density at radius 2 is 2.31 bits per heavy atom. The summed E-state index contributed by atoms with van der Waals surface area (Å²) >= 11 is 3.31. The molecule has 0 spiro atoms. The molecule has 2 rings (SSSR count). The standard InChI is InChI=1S/C9H9N2S2/c1-2-3-8-11-7(6-13-8)9-10-4-5-12-9/h4-6H,1-3H2. The minimum atomic E-state index is 0.908. The normalized spacial score (nSPS) is 10.5. The van der Waals surface area contributed by atoms with Crippen LogP contribution in [0.25, 0.3) is 10.7 Å². The van der Waals surface area contributed by atoms with Gasteiger partial charge in [0.05, 0.1) is 5.01 Å². The first-order chi connectivity index (χ1) is 6.40. The molecule has 13 heavy (non-hydrogen) atoms. The van der Waals surface area contributed by atoms with E-state index in [0.29, 0.717) is 0 Å². The topological polar surface area (TPSA) is 25.8 Å². The highest BCUT2D eigenvalue weighted by Crippen LogP contribution is 2.23. The molecular formula is C9H9N2S2. The molecule has 0 unspecified atom stereocenters. The molecule has 0 saturated heterocycles. The van der Waals surface area contributed by atoms with Crippen molar-refractivity contribution in [3.05, 3.63) is 28.9 Å². The van der Waals surface area contributed by atoms with Gasteiger partial charge in [-0.25, -0.2) is 9.97 Å². The van der Waals surface area contributed by atoms with E-state index in [4.69, 9.17) is 0 Å². The van der Waals surface area contributed by atoms with Crippen LogP contribution in [-0.4, -0.2) is 9.97 Å². The van der Waals surface area contributed by atoms with Gasteiger partial charge in [-0.15, -0.1) is 22.7 Å². The maximum Gasteiger partial charge on any atom is 0.142 e. The third-order valence-corrected chi connectivity index (χ3v) is 3.30. The van der Waals surface area contributed by atoms with Crippen molar-refractivity contribution in [1.82, 2.24) is 9.97 Å². The van der Waals surface area contributed by atoms with Crippen molar-refractivity contribution >= 4 is 22.7 Å². The lowest BCUT2D eigenvalue weighted by Gasteiger charge is -1.88. The van der Waals surface area contributed by atoms with Gasteiger partial charge < -0.3 is 0 Å². The van der Waals surface area contributed by atoms with Crippen LogP contribution in [0.3, 0.4) is 0 Å². The number of hydrogen-bond acceptors (Lipinski definition) is 4. The minimum absolute atomic E-state index is 0.908. The highest BCUT2D eigenvalue weighted by Gasteiger charge is 2.05. The highest BCUT2D eigenvalue weighted by atomic mass is 32.1. The van der Waals surface area contributed by atoms with E-state index in [0.717, 1.165) is 28.6 Å². The molecule has 0 aliphatic carbocycles. The first-order valence-electron chi connectivity index (χ1n) is 4.03. The number of nitrogens with zero attached hydrogens (tertiary/aromatic N) is 2. The van der Waals surface area contributed by atoms with Crippen molar-refractivity contribution in [2.45, 2.75) is 12.8 Å². The summed E-state index contributed by atoms with van der Waals surface area (Å²) in [4.78, 5) is 8.68. The molecule has 0 bridgehead atoms. The Kier molecular flexibility index (Phi) is 2.71. The average molecular weight is 209 g/mol. The first-order valence-corrected chi connectivity index (χ1v) is 5.79. The predicted octanol–water partition coefficient (Wildman–Crippen LogP) is 3.03. The molecule has 1 radical (unpaired) electrons. The van der Waals surface area contributed by atoms with Crippen LogP contribution in [0.15, 0.2) is 17.0 Å². The van der Waals surface area contributed by atoms with Gasteiger partial charge in [0.25, 0.3) is 0 Å². The van der Waals surface area contributed by atoms with Crippen LogP contribution in [-0.2, 0) is 6.42 Å². The molecular weight excluding hydrogens is 200 g/mol. The summed E-state index contributed by atoms with van der Waals surface area (Å²) in [7, 11) is 0. The molecule has 0 saturated carbocycles. The monoisotopic (exact) mass is 209 g/mol. The summed E-state index contributed by atoms with van der Waals surface area (Å²) in [6.07, 6.45) is 3.68. The third-order valence-electron chi connectivity index (χ3n) is 1.59. The zero-order valence-electron chi connectivity index (χ0n) is 7.06.